The fraction of sp³-hybridized carbons (Fsp3) is 0.364. The number of hydrogen-bond donors (Lipinski definition) is 0. The minimum Gasteiger partial charge on any atom is -0.198 e. The van der Waals surface area contributed by atoms with Crippen molar-refractivity contribution in [1.29, 1.82) is 5.26 Å². The largest absolute Gasteiger partial charge is 0.198 e. The van der Waals surface area contributed by atoms with Crippen LogP contribution in [-0.4, -0.2) is 0 Å². The summed E-state index contributed by atoms with van der Waals surface area (Å²) >= 11 is 0. The van der Waals surface area contributed by atoms with E-state index in [0.717, 1.165) is 5.56 Å². The standard InChI is InChI=1S/C11H13N/c1-9(2)11-6-4-3-5-10(11)7-8-12/h3-6,9H,7H2,1-2H3. The van der Waals surface area contributed by atoms with E-state index < -0.39 is 0 Å². The van der Waals surface area contributed by atoms with Crippen LogP contribution < -0.4 is 0 Å². The predicted molar refractivity (Wildman–Crippen MR) is 49.8 cm³/mol. The molecule has 1 aromatic rings. The zero-order valence-corrected chi connectivity index (χ0v) is 7.54. The van der Waals surface area contributed by atoms with Crippen LogP contribution in [-0.2, 0) is 6.42 Å². The number of nitriles is 1. The number of hydrogen-bond acceptors (Lipinski definition) is 1. The third-order valence-corrected chi connectivity index (χ3v) is 1.95. The molecule has 0 spiro atoms. The van der Waals surface area contributed by atoms with Crippen LogP contribution in [0.4, 0.5) is 0 Å². The maximum absolute atomic E-state index is 8.58. The van der Waals surface area contributed by atoms with Gasteiger partial charge in [0.2, 0.25) is 0 Å². The highest BCUT2D eigenvalue weighted by Crippen LogP contribution is 2.18. The molecule has 0 radical (unpaired) electrons. The summed E-state index contributed by atoms with van der Waals surface area (Å²) in [6.07, 6.45) is 0.522. The molecule has 1 nitrogen and oxygen atoms in total. The van der Waals surface area contributed by atoms with Gasteiger partial charge in [-0.2, -0.15) is 5.26 Å². The second kappa shape index (κ2) is 3.92. The second-order valence-electron chi connectivity index (χ2n) is 3.19. The van der Waals surface area contributed by atoms with Gasteiger partial charge in [-0.05, 0) is 17.0 Å². The van der Waals surface area contributed by atoms with Gasteiger partial charge in [-0.3, -0.25) is 0 Å². The van der Waals surface area contributed by atoms with Crippen LogP contribution >= 0.6 is 0 Å². The summed E-state index contributed by atoms with van der Waals surface area (Å²) < 4.78 is 0. The molecule has 0 aliphatic carbocycles. The van der Waals surface area contributed by atoms with E-state index in [2.05, 4.69) is 26.0 Å². The SMILES string of the molecule is CC(C)c1ccccc1CC#N. The average Bonchev–Trinajstić information content (AvgIpc) is 2.05. The molecule has 0 saturated carbocycles. The molecule has 0 aromatic heterocycles. The van der Waals surface area contributed by atoms with Crippen molar-refractivity contribution in [2.24, 2.45) is 0 Å². The van der Waals surface area contributed by atoms with Crippen LogP contribution in [0.3, 0.4) is 0 Å². The molecule has 62 valence electrons. The third kappa shape index (κ3) is 1.85. The molecule has 1 aromatic carbocycles. The van der Waals surface area contributed by atoms with Crippen molar-refractivity contribution in [3.63, 3.8) is 0 Å². The second-order valence-corrected chi connectivity index (χ2v) is 3.19. The monoisotopic (exact) mass is 159 g/mol. The third-order valence-electron chi connectivity index (χ3n) is 1.95. The van der Waals surface area contributed by atoms with E-state index in [-0.39, 0.29) is 0 Å². The van der Waals surface area contributed by atoms with Crippen LogP contribution in [0.25, 0.3) is 0 Å². The molecule has 0 aliphatic heterocycles. The van der Waals surface area contributed by atoms with Crippen LogP contribution in [0.2, 0.25) is 0 Å². The molecule has 1 heteroatoms. The fourth-order valence-corrected chi connectivity index (χ4v) is 1.34. The van der Waals surface area contributed by atoms with Crippen molar-refractivity contribution in [3.8, 4) is 6.07 Å². The Morgan fingerprint density at radius 1 is 1.33 bits per heavy atom. The summed E-state index contributed by atoms with van der Waals surface area (Å²) in [6, 6.07) is 10.3. The lowest BCUT2D eigenvalue weighted by Gasteiger charge is -2.09. The molecule has 0 N–H and O–H groups in total. The van der Waals surface area contributed by atoms with Gasteiger partial charge in [0.1, 0.15) is 0 Å². The maximum atomic E-state index is 8.58. The van der Waals surface area contributed by atoms with Gasteiger partial charge < -0.3 is 0 Å². The number of benzene rings is 1. The Morgan fingerprint density at radius 2 is 2.00 bits per heavy atom. The van der Waals surface area contributed by atoms with Gasteiger partial charge in [0.25, 0.3) is 0 Å². The Bertz CT molecular complexity index is 294. The van der Waals surface area contributed by atoms with E-state index in [1.165, 1.54) is 5.56 Å². The van der Waals surface area contributed by atoms with E-state index >= 15 is 0 Å². The summed E-state index contributed by atoms with van der Waals surface area (Å²) in [6.45, 7) is 4.30. The first-order chi connectivity index (χ1) is 5.75. The van der Waals surface area contributed by atoms with Gasteiger partial charge in [0.05, 0.1) is 12.5 Å². The summed E-state index contributed by atoms with van der Waals surface area (Å²) in [5, 5.41) is 8.58. The summed E-state index contributed by atoms with van der Waals surface area (Å²) in [7, 11) is 0. The Kier molecular flexibility index (Phi) is 2.88. The van der Waals surface area contributed by atoms with Crippen molar-refractivity contribution in [1.82, 2.24) is 0 Å². The molecule has 0 unspecified atom stereocenters. The summed E-state index contributed by atoms with van der Waals surface area (Å²) in [5.41, 5.74) is 2.45. The van der Waals surface area contributed by atoms with Gasteiger partial charge in [-0.1, -0.05) is 38.1 Å². The number of rotatable bonds is 2. The summed E-state index contributed by atoms with van der Waals surface area (Å²) in [5.74, 6) is 0.509. The highest BCUT2D eigenvalue weighted by Gasteiger charge is 2.03. The molecule has 0 fully saturated rings. The van der Waals surface area contributed by atoms with Gasteiger partial charge in [-0.15, -0.1) is 0 Å². The Hall–Kier alpha value is -1.29. The molecule has 0 bridgehead atoms. The van der Waals surface area contributed by atoms with Crippen LogP contribution in [0.5, 0.6) is 0 Å². The first-order valence-electron chi connectivity index (χ1n) is 4.20. The van der Waals surface area contributed by atoms with Crippen molar-refractivity contribution >= 4 is 0 Å². The molecule has 0 heterocycles. The zero-order chi connectivity index (χ0) is 8.97. The fourth-order valence-electron chi connectivity index (χ4n) is 1.34. The van der Waals surface area contributed by atoms with E-state index in [4.69, 9.17) is 5.26 Å². The average molecular weight is 159 g/mol. The minimum atomic E-state index is 0.509. The van der Waals surface area contributed by atoms with Crippen LogP contribution in [0, 0.1) is 11.3 Å². The van der Waals surface area contributed by atoms with E-state index in [1.807, 2.05) is 18.2 Å². The minimum absolute atomic E-state index is 0.509. The Labute approximate surface area is 73.6 Å². The molecule has 0 saturated heterocycles. The first kappa shape index (κ1) is 8.80. The molecule has 1 rings (SSSR count). The molecular formula is C11H13N. The van der Waals surface area contributed by atoms with E-state index in [1.54, 1.807) is 0 Å². The molecular weight excluding hydrogens is 146 g/mol. The van der Waals surface area contributed by atoms with Crippen LogP contribution in [0.15, 0.2) is 24.3 Å². The maximum Gasteiger partial charge on any atom is 0.0669 e. The topological polar surface area (TPSA) is 23.8 Å². The lowest BCUT2D eigenvalue weighted by molar-refractivity contribution is 0.851. The van der Waals surface area contributed by atoms with E-state index in [0.29, 0.717) is 12.3 Å². The smallest absolute Gasteiger partial charge is 0.0669 e. The summed E-state index contributed by atoms with van der Waals surface area (Å²) in [4.78, 5) is 0. The highest BCUT2D eigenvalue weighted by atomic mass is 14.2. The zero-order valence-electron chi connectivity index (χ0n) is 7.54. The van der Waals surface area contributed by atoms with Gasteiger partial charge in [0, 0.05) is 0 Å². The Balaban J connectivity index is 3.02. The predicted octanol–water partition coefficient (Wildman–Crippen LogP) is 2.88. The van der Waals surface area contributed by atoms with Crippen molar-refractivity contribution in [2.75, 3.05) is 0 Å². The van der Waals surface area contributed by atoms with E-state index in [9.17, 15) is 0 Å². The van der Waals surface area contributed by atoms with Gasteiger partial charge >= 0.3 is 0 Å². The van der Waals surface area contributed by atoms with Crippen LogP contribution in [0.1, 0.15) is 30.9 Å². The lowest BCUT2D eigenvalue weighted by atomic mass is 9.96. The molecule has 0 aliphatic rings. The first-order valence-corrected chi connectivity index (χ1v) is 4.20. The number of nitrogens with zero attached hydrogens (tertiary/aromatic N) is 1. The lowest BCUT2D eigenvalue weighted by Crippen LogP contribution is -1.94. The quantitative estimate of drug-likeness (QED) is 0.651. The van der Waals surface area contributed by atoms with Crippen molar-refractivity contribution < 1.29 is 0 Å². The van der Waals surface area contributed by atoms with Gasteiger partial charge in [0.15, 0.2) is 0 Å². The van der Waals surface area contributed by atoms with Gasteiger partial charge in [-0.25, -0.2) is 0 Å². The Morgan fingerprint density at radius 3 is 2.58 bits per heavy atom. The highest BCUT2D eigenvalue weighted by molar-refractivity contribution is 5.31. The van der Waals surface area contributed by atoms with Crippen molar-refractivity contribution in [2.45, 2.75) is 26.2 Å². The molecule has 0 amide bonds. The molecule has 0 atom stereocenters. The molecule has 12 heavy (non-hydrogen) atoms. The van der Waals surface area contributed by atoms with Crippen molar-refractivity contribution in [3.05, 3.63) is 35.4 Å². The normalized spacial score (nSPS) is 9.83.